The lowest BCUT2D eigenvalue weighted by atomic mass is 10.1. The number of hydrogen-bond acceptors (Lipinski definition) is 2. The Morgan fingerprint density at radius 2 is 1.76 bits per heavy atom. The van der Waals surface area contributed by atoms with Gasteiger partial charge in [-0.2, -0.15) is 5.26 Å². The molecule has 21 heavy (non-hydrogen) atoms. The van der Waals surface area contributed by atoms with Crippen LogP contribution in [0.25, 0.3) is 0 Å². The first-order chi connectivity index (χ1) is 10.2. The first kappa shape index (κ1) is 14.8. The summed E-state index contributed by atoms with van der Waals surface area (Å²) < 4.78 is 0. The van der Waals surface area contributed by atoms with Gasteiger partial charge in [0.05, 0.1) is 11.6 Å². The molecule has 1 amide bonds. The summed E-state index contributed by atoms with van der Waals surface area (Å²) in [6.07, 6.45) is 2.27. The number of carbonyl (C=O) groups excluding carboxylic acids is 1. The molecule has 0 heterocycles. The number of carbonyl (C=O) groups is 1. The lowest BCUT2D eigenvalue weighted by Gasteiger charge is -2.17. The van der Waals surface area contributed by atoms with E-state index in [1.165, 1.54) is 5.56 Å². The van der Waals surface area contributed by atoms with Crippen molar-refractivity contribution >= 4 is 11.6 Å². The molecular weight excluding hydrogens is 260 g/mol. The van der Waals surface area contributed by atoms with Crippen molar-refractivity contribution in [2.24, 2.45) is 0 Å². The molecule has 0 saturated carbocycles. The molecule has 0 aliphatic rings. The number of anilines is 1. The smallest absolute Gasteiger partial charge is 0.226 e. The third-order valence-electron chi connectivity index (χ3n) is 3.46. The molecule has 106 valence electrons. The number of rotatable bonds is 5. The van der Waals surface area contributed by atoms with Crippen molar-refractivity contribution in [1.29, 1.82) is 5.26 Å². The van der Waals surface area contributed by atoms with Crippen LogP contribution < -0.4 is 4.90 Å². The highest BCUT2D eigenvalue weighted by molar-refractivity contribution is 5.92. The minimum atomic E-state index is 0.0932. The fourth-order valence-electron chi connectivity index (χ4n) is 2.16. The molecule has 0 saturated heterocycles. The molecule has 2 rings (SSSR count). The molecule has 0 spiro atoms. The van der Waals surface area contributed by atoms with Crippen LogP contribution in [0.3, 0.4) is 0 Å². The van der Waals surface area contributed by atoms with Crippen molar-refractivity contribution in [3.05, 3.63) is 65.7 Å². The predicted octanol–water partition coefficient (Wildman–Crippen LogP) is 3.54. The molecule has 0 radical (unpaired) electrons. The summed E-state index contributed by atoms with van der Waals surface area (Å²) in [6.45, 7) is 0. The van der Waals surface area contributed by atoms with Crippen molar-refractivity contribution in [1.82, 2.24) is 0 Å². The van der Waals surface area contributed by atoms with Gasteiger partial charge >= 0.3 is 0 Å². The average Bonchev–Trinajstić information content (AvgIpc) is 2.55. The fraction of sp³-hybridized carbons (Fsp3) is 0.222. The highest BCUT2D eigenvalue weighted by Crippen LogP contribution is 2.15. The zero-order chi connectivity index (χ0) is 15.1. The van der Waals surface area contributed by atoms with Crippen LogP contribution in [0, 0.1) is 11.3 Å². The number of nitrogens with zero attached hydrogens (tertiary/aromatic N) is 2. The topological polar surface area (TPSA) is 44.1 Å². The number of benzene rings is 2. The van der Waals surface area contributed by atoms with Gasteiger partial charge in [-0.05, 0) is 42.7 Å². The Bertz CT molecular complexity index is 627. The van der Waals surface area contributed by atoms with E-state index in [0.29, 0.717) is 12.0 Å². The van der Waals surface area contributed by atoms with Gasteiger partial charge in [0.15, 0.2) is 0 Å². The average molecular weight is 278 g/mol. The Hall–Kier alpha value is -2.60. The monoisotopic (exact) mass is 278 g/mol. The quantitative estimate of drug-likeness (QED) is 0.839. The van der Waals surface area contributed by atoms with Crippen LogP contribution in [0.15, 0.2) is 54.6 Å². The Kier molecular flexibility index (Phi) is 5.11. The van der Waals surface area contributed by atoms with Crippen LogP contribution in [0.2, 0.25) is 0 Å². The van der Waals surface area contributed by atoms with Crippen LogP contribution in [0.1, 0.15) is 24.0 Å². The van der Waals surface area contributed by atoms with Crippen LogP contribution in [0.4, 0.5) is 5.69 Å². The lowest BCUT2D eigenvalue weighted by Crippen LogP contribution is -2.25. The van der Waals surface area contributed by atoms with Crippen molar-refractivity contribution < 1.29 is 4.79 Å². The van der Waals surface area contributed by atoms with E-state index >= 15 is 0 Å². The zero-order valence-corrected chi connectivity index (χ0v) is 12.1. The summed E-state index contributed by atoms with van der Waals surface area (Å²) >= 11 is 0. The summed E-state index contributed by atoms with van der Waals surface area (Å²) in [4.78, 5) is 13.8. The second-order valence-corrected chi connectivity index (χ2v) is 4.95. The van der Waals surface area contributed by atoms with E-state index < -0.39 is 0 Å². The van der Waals surface area contributed by atoms with Gasteiger partial charge in [0.2, 0.25) is 5.91 Å². The second-order valence-electron chi connectivity index (χ2n) is 4.95. The van der Waals surface area contributed by atoms with Gasteiger partial charge < -0.3 is 4.90 Å². The Labute approximate surface area is 125 Å². The first-order valence-electron chi connectivity index (χ1n) is 7.01. The minimum Gasteiger partial charge on any atom is -0.316 e. The first-order valence-corrected chi connectivity index (χ1v) is 7.01. The number of hydrogen-bond donors (Lipinski definition) is 0. The minimum absolute atomic E-state index is 0.0932. The number of amides is 1. The van der Waals surface area contributed by atoms with Crippen molar-refractivity contribution in [3.8, 4) is 6.07 Å². The Morgan fingerprint density at radius 3 is 2.38 bits per heavy atom. The second kappa shape index (κ2) is 7.25. The van der Waals surface area contributed by atoms with Gasteiger partial charge in [0.25, 0.3) is 0 Å². The highest BCUT2D eigenvalue weighted by atomic mass is 16.2. The van der Waals surface area contributed by atoms with Gasteiger partial charge in [0, 0.05) is 19.2 Å². The van der Waals surface area contributed by atoms with E-state index in [0.717, 1.165) is 18.5 Å². The molecular formula is C18H18N2O. The van der Waals surface area contributed by atoms with E-state index in [9.17, 15) is 4.79 Å². The molecule has 0 unspecified atom stereocenters. The maximum atomic E-state index is 12.1. The summed E-state index contributed by atoms with van der Waals surface area (Å²) in [5.41, 5.74) is 2.67. The van der Waals surface area contributed by atoms with E-state index in [-0.39, 0.29) is 5.91 Å². The van der Waals surface area contributed by atoms with E-state index in [4.69, 9.17) is 5.26 Å². The molecule has 0 aliphatic carbocycles. The summed E-state index contributed by atoms with van der Waals surface area (Å²) in [5.74, 6) is 0.0932. The summed E-state index contributed by atoms with van der Waals surface area (Å²) in [6, 6.07) is 19.3. The normalized spacial score (nSPS) is 9.90. The maximum Gasteiger partial charge on any atom is 0.226 e. The van der Waals surface area contributed by atoms with Crippen LogP contribution in [-0.4, -0.2) is 13.0 Å². The largest absolute Gasteiger partial charge is 0.316 e. The van der Waals surface area contributed by atoms with E-state index in [2.05, 4.69) is 18.2 Å². The lowest BCUT2D eigenvalue weighted by molar-refractivity contribution is -0.118. The Morgan fingerprint density at radius 1 is 1.10 bits per heavy atom. The van der Waals surface area contributed by atoms with Crippen LogP contribution >= 0.6 is 0 Å². The molecule has 0 atom stereocenters. The Balaban J connectivity index is 1.86. The molecule has 0 fully saturated rings. The molecule has 0 aromatic heterocycles. The van der Waals surface area contributed by atoms with E-state index in [1.807, 2.05) is 18.2 Å². The standard InChI is InChI=1S/C18H18N2O/c1-20(17-12-10-16(14-19)11-13-17)18(21)9-5-8-15-6-3-2-4-7-15/h2-4,6-7,10-13H,5,8-9H2,1H3. The highest BCUT2D eigenvalue weighted by Gasteiger charge is 2.10. The summed E-state index contributed by atoms with van der Waals surface area (Å²) in [5, 5.41) is 8.77. The molecule has 2 aromatic rings. The third-order valence-corrected chi connectivity index (χ3v) is 3.46. The van der Waals surface area contributed by atoms with Gasteiger partial charge in [-0.1, -0.05) is 30.3 Å². The third kappa shape index (κ3) is 4.19. The SMILES string of the molecule is CN(C(=O)CCCc1ccccc1)c1ccc(C#N)cc1. The zero-order valence-electron chi connectivity index (χ0n) is 12.1. The molecule has 2 aromatic carbocycles. The van der Waals surface area contributed by atoms with Gasteiger partial charge in [-0.3, -0.25) is 4.79 Å². The summed E-state index contributed by atoms with van der Waals surface area (Å²) in [7, 11) is 1.77. The van der Waals surface area contributed by atoms with Crippen molar-refractivity contribution in [2.75, 3.05) is 11.9 Å². The maximum absolute atomic E-state index is 12.1. The number of aryl methyl sites for hydroxylation is 1. The van der Waals surface area contributed by atoms with Crippen molar-refractivity contribution in [3.63, 3.8) is 0 Å². The number of nitriles is 1. The van der Waals surface area contributed by atoms with Gasteiger partial charge in [-0.25, -0.2) is 0 Å². The molecule has 3 nitrogen and oxygen atoms in total. The molecule has 0 aliphatic heterocycles. The van der Waals surface area contributed by atoms with Gasteiger partial charge in [-0.15, -0.1) is 0 Å². The molecule has 0 N–H and O–H groups in total. The van der Waals surface area contributed by atoms with Crippen LogP contribution in [0.5, 0.6) is 0 Å². The fourth-order valence-corrected chi connectivity index (χ4v) is 2.16. The van der Waals surface area contributed by atoms with E-state index in [1.54, 1.807) is 36.2 Å². The molecule has 0 bridgehead atoms. The van der Waals surface area contributed by atoms with Gasteiger partial charge in [0.1, 0.15) is 0 Å². The predicted molar refractivity (Wildman–Crippen MR) is 83.9 cm³/mol. The molecule has 3 heteroatoms. The van der Waals surface area contributed by atoms with Crippen molar-refractivity contribution in [2.45, 2.75) is 19.3 Å². The van der Waals surface area contributed by atoms with Crippen LogP contribution in [-0.2, 0) is 11.2 Å².